The van der Waals surface area contributed by atoms with Crippen LogP contribution in [0.4, 0.5) is 4.39 Å². The molecule has 20 heavy (non-hydrogen) atoms. The van der Waals surface area contributed by atoms with Crippen molar-refractivity contribution in [1.29, 1.82) is 0 Å². The Hall–Kier alpha value is -2.10. The Kier molecular flexibility index (Phi) is 4.56. The Morgan fingerprint density at radius 1 is 1.25 bits per heavy atom. The minimum absolute atomic E-state index is 0.0634. The van der Waals surface area contributed by atoms with E-state index < -0.39 is 0 Å². The van der Waals surface area contributed by atoms with E-state index in [0.29, 0.717) is 24.9 Å². The maximum Gasteiger partial charge on any atom is 0.220 e. The lowest BCUT2D eigenvalue weighted by molar-refractivity contribution is -0.121. The predicted molar refractivity (Wildman–Crippen MR) is 76.8 cm³/mol. The summed E-state index contributed by atoms with van der Waals surface area (Å²) in [6.07, 6.45) is 0.715. The summed E-state index contributed by atoms with van der Waals surface area (Å²) in [5.74, 6) is -0.316. The van der Waals surface area contributed by atoms with Gasteiger partial charge in [-0.2, -0.15) is 0 Å². The van der Waals surface area contributed by atoms with E-state index in [1.54, 1.807) is 18.2 Å². The van der Waals surface area contributed by atoms with Gasteiger partial charge in [-0.05, 0) is 43.5 Å². The van der Waals surface area contributed by atoms with E-state index >= 15 is 0 Å². The average molecular weight is 274 g/mol. The summed E-state index contributed by atoms with van der Waals surface area (Å²) in [6, 6.07) is 8.58. The zero-order valence-electron chi connectivity index (χ0n) is 11.8. The van der Waals surface area contributed by atoms with Gasteiger partial charge < -0.3 is 10.3 Å². The van der Waals surface area contributed by atoms with Gasteiger partial charge >= 0.3 is 0 Å². The van der Waals surface area contributed by atoms with E-state index in [1.807, 2.05) is 19.9 Å². The van der Waals surface area contributed by atoms with Crippen LogP contribution < -0.4 is 5.32 Å². The van der Waals surface area contributed by atoms with Crippen LogP contribution in [0.5, 0.6) is 0 Å². The second-order valence-corrected chi connectivity index (χ2v) is 4.97. The molecule has 4 heteroatoms. The van der Waals surface area contributed by atoms with Crippen LogP contribution in [-0.2, 0) is 17.8 Å². The molecule has 1 heterocycles. The van der Waals surface area contributed by atoms with Crippen LogP contribution in [0.1, 0.15) is 28.9 Å². The number of H-pyrrole nitrogens is 1. The van der Waals surface area contributed by atoms with Crippen LogP contribution in [0.3, 0.4) is 0 Å². The normalized spacial score (nSPS) is 10.6. The second kappa shape index (κ2) is 6.37. The molecule has 0 bridgehead atoms. The summed E-state index contributed by atoms with van der Waals surface area (Å²) in [7, 11) is 0. The topological polar surface area (TPSA) is 44.9 Å². The Labute approximate surface area is 118 Å². The first-order chi connectivity index (χ1) is 9.56. The molecule has 0 aliphatic carbocycles. The molecule has 0 saturated heterocycles. The summed E-state index contributed by atoms with van der Waals surface area (Å²) in [5.41, 5.74) is 3.81. The summed E-state index contributed by atoms with van der Waals surface area (Å²) in [5, 5.41) is 2.86. The standard InChI is InChI=1S/C16H19FN2O/c1-11-9-14(12(2)19-11)10-18-16(20)8-7-13-5-3-4-6-15(13)17/h3-6,9,19H,7-8,10H2,1-2H3,(H,18,20). The smallest absolute Gasteiger partial charge is 0.220 e. The van der Waals surface area contributed by atoms with Gasteiger partial charge in [0, 0.05) is 24.4 Å². The third-order valence-electron chi connectivity index (χ3n) is 3.31. The molecule has 0 spiro atoms. The second-order valence-electron chi connectivity index (χ2n) is 4.97. The van der Waals surface area contributed by atoms with Gasteiger partial charge in [-0.15, -0.1) is 0 Å². The first-order valence-corrected chi connectivity index (χ1v) is 6.71. The van der Waals surface area contributed by atoms with Gasteiger partial charge in [0.25, 0.3) is 0 Å². The molecule has 0 unspecified atom stereocenters. The van der Waals surface area contributed by atoms with Crippen molar-refractivity contribution in [2.75, 3.05) is 0 Å². The zero-order chi connectivity index (χ0) is 14.5. The third kappa shape index (κ3) is 3.70. The molecule has 106 valence electrons. The minimum atomic E-state index is -0.252. The molecule has 0 saturated carbocycles. The highest BCUT2D eigenvalue weighted by molar-refractivity contribution is 5.76. The number of nitrogens with one attached hydrogen (secondary N) is 2. The van der Waals surface area contributed by atoms with Crippen LogP contribution in [0.25, 0.3) is 0 Å². The van der Waals surface area contributed by atoms with Crippen molar-refractivity contribution in [1.82, 2.24) is 10.3 Å². The monoisotopic (exact) mass is 274 g/mol. The lowest BCUT2D eigenvalue weighted by Gasteiger charge is -2.05. The Bertz CT molecular complexity index is 604. The highest BCUT2D eigenvalue weighted by Crippen LogP contribution is 2.10. The molecule has 0 aliphatic heterocycles. The Balaban J connectivity index is 1.82. The zero-order valence-corrected chi connectivity index (χ0v) is 11.8. The first-order valence-electron chi connectivity index (χ1n) is 6.71. The summed E-state index contributed by atoms with van der Waals surface area (Å²) in [6.45, 7) is 4.47. The van der Waals surface area contributed by atoms with Gasteiger partial charge in [0.2, 0.25) is 5.91 Å². The number of halogens is 1. The van der Waals surface area contributed by atoms with Gasteiger partial charge in [-0.1, -0.05) is 18.2 Å². The average Bonchev–Trinajstić information content (AvgIpc) is 2.74. The van der Waals surface area contributed by atoms with Crippen molar-refractivity contribution >= 4 is 5.91 Å². The van der Waals surface area contributed by atoms with E-state index in [2.05, 4.69) is 10.3 Å². The van der Waals surface area contributed by atoms with Crippen molar-refractivity contribution in [3.8, 4) is 0 Å². The molecule has 0 radical (unpaired) electrons. The van der Waals surface area contributed by atoms with Gasteiger partial charge in [-0.25, -0.2) is 4.39 Å². The summed E-state index contributed by atoms with van der Waals surface area (Å²) in [4.78, 5) is 15.0. The Morgan fingerprint density at radius 2 is 2.00 bits per heavy atom. The molecule has 1 amide bonds. The lowest BCUT2D eigenvalue weighted by atomic mass is 10.1. The number of benzene rings is 1. The van der Waals surface area contributed by atoms with Gasteiger partial charge in [0.15, 0.2) is 0 Å². The van der Waals surface area contributed by atoms with Crippen LogP contribution in [0, 0.1) is 19.7 Å². The fourth-order valence-corrected chi connectivity index (χ4v) is 2.20. The van der Waals surface area contributed by atoms with E-state index in [-0.39, 0.29) is 11.7 Å². The quantitative estimate of drug-likeness (QED) is 0.865. The molecule has 0 atom stereocenters. The van der Waals surface area contributed by atoms with Crippen molar-refractivity contribution in [3.63, 3.8) is 0 Å². The molecule has 2 rings (SSSR count). The van der Waals surface area contributed by atoms with Crippen LogP contribution >= 0.6 is 0 Å². The molecule has 0 fully saturated rings. The minimum Gasteiger partial charge on any atom is -0.362 e. The van der Waals surface area contributed by atoms with Crippen molar-refractivity contribution in [2.24, 2.45) is 0 Å². The summed E-state index contributed by atoms with van der Waals surface area (Å²) >= 11 is 0. The highest BCUT2D eigenvalue weighted by atomic mass is 19.1. The SMILES string of the molecule is Cc1cc(CNC(=O)CCc2ccccc2F)c(C)[nH]1. The number of rotatable bonds is 5. The van der Waals surface area contributed by atoms with E-state index in [1.165, 1.54) is 6.07 Å². The Morgan fingerprint density at radius 3 is 2.65 bits per heavy atom. The van der Waals surface area contributed by atoms with Crippen molar-refractivity contribution in [2.45, 2.75) is 33.2 Å². The van der Waals surface area contributed by atoms with Crippen molar-refractivity contribution in [3.05, 3.63) is 58.7 Å². The molecule has 1 aromatic carbocycles. The fourth-order valence-electron chi connectivity index (χ4n) is 2.20. The number of aromatic amines is 1. The van der Waals surface area contributed by atoms with E-state index in [4.69, 9.17) is 0 Å². The van der Waals surface area contributed by atoms with E-state index in [0.717, 1.165) is 17.0 Å². The number of aryl methyl sites for hydroxylation is 3. The number of aromatic nitrogens is 1. The summed E-state index contributed by atoms with van der Waals surface area (Å²) < 4.78 is 13.4. The van der Waals surface area contributed by atoms with Gasteiger partial charge in [0.05, 0.1) is 0 Å². The van der Waals surface area contributed by atoms with Gasteiger partial charge in [0.1, 0.15) is 5.82 Å². The predicted octanol–water partition coefficient (Wildman–Crippen LogP) is 3.02. The highest BCUT2D eigenvalue weighted by Gasteiger charge is 2.07. The first kappa shape index (κ1) is 14.3. The van der Waals surface area contributed by atoms with Crippen LogP contribution in [0.15, 0.2) is 30.3 Å². The molecule has 1 aromatic heterocycles. The van der Waals surface area contributed by atoms with E-state index in [9.17, 15) is 9.18 Å². The largest absolute Gasteiger partial charge is 0.362 e. The van der Waals surface area contributed by atoms with Crippen LogP contribution in [-0.4, -0.2) is 10.9 Å². The molecule has 3 nitrogen and oxygen atoms in total. The fraction of sp³-hybridized carbons (Fsp3) is 0.312. The van der Waals surface area contributed by atoms with Crippen LogP contribution in [0.2, 0.25) is 0 Å². The third-order valence-corrected chi connectivity index (χ3v) is 3.31. The number of hydrogen-bond donors (Lipinski definition) is 2. The molecule has 2 N–H and O–H groups in total. The molecular weight excluding hydrogens is 255 g/mol. The number of hydrogen-bond acceptors (Lipinski definition) is 1. The number of carbonyl (C=O) groups excluding carboxylic acids is 1. The number of carbonyl (C=O) groups is 1. The van der Waals surface area contributed by atoms with Gasteiger partial charge in [-0.3, -0.25) is 4.79 Å². The maximum atomic E-state index is 13.4. The lowest BCUT2D eigenvalue weighted by Crippen LogP contribution is -2.23. The molecule has 2 aromatic rings. The van der Waals surface area contributed by atoms with Crippen molar-refractivity contribution < 1.29 is 9.18 Å². The number of amides is 1. The molecule has 0 aliphatic rings. The molecular formula is C16H19FN2O. The maximum absolute atomic E-state index is 13.4.